The van der Waals surface area contributed by atoms with Crippen LogP contribution in [0.3, 0.4) is 0 Å². The lowest BCUT2D eigenvalue weighted by molar-refractivity contribution is -0.136. The van der Waals surface area contributed by atoms with Gasteiger partial charge in [-0.2, -0.15) is 0 Å². The van der Waals surface area contributed by atoms with Gasteiger partial charge in [-0.15, -0.1) is 0 Å². The molecule has 5 nitrogen and oxygen atoms in total. The van der Waals surface area contributed by atoms with Crippen molar-refractivity contribution in [1.82, 2.24) is 5.32 Å². The molecule has 160 valence electrons. The van der Waals surface area contributed by atoms with Gasteiger partial charge in [-0.1, -0.05) is 70.7 Å². The highest BCUT2D eigenvalue weighted by Gasteiger charge is 2.17. The number of carbonyl (C=O) groups excluding carboxylic acids is 2. The Hall–Kier alpha value is -2.44. The molecule has 0 aliphatic heterocycles. The molecule has 3 rings (SSSR count). The molecular weight excluding hydrogens is 484 g/mol. The molecule has 0 spiro atoms. The van der Waals surface area contributed by atoms with Crippen molar-refractivity contribution in [2.75, 3.05) is 6.61 Å². The number of rotatable bonds is 7. The first-order valence-electron chi connectivity index (χ1n) is 8.94. The Labute approximate surface area is 198 Å². The number of hydrogen-bond donors (Lipinski definition) is 1. The summed E-state index contributed by atoms with van der Waals surface area (Å²) < 4.78 is 10.8. The molecule has 0 saturated carbocycles. The predicted octanol–water partition coefficient (Wildman–Crippen LogP) is 6.21. The maximum atomic E-state index is 12.4. The monoisotopic (exact) mass is 497 g/mol. The van der Waals surface area contributed by atoms with Crippen LogP contribution < -0.4 is 14.8 Å². The first-order chi connectivity index (χ1) is 14.8. The fraction of sp³-hybridized carbons (Fsp3) is 0.0909. The second kappa shape index (κ2) is 10.7. The molecule has 0 aromatic heterocycles. The predicted molar refractivity (Wildman–Crippen MR) is 122 cm³/mol. The number of benzene rings is 3. The van der Waals surface area contributed by atoms with Crippen molar-refractivity contribution < 1.29 is 19.1 Å². The van der Waals surface area contributed by atoms with Crippen LogP contribution in [0, 0.1) is 0 Å². The van der Waals surface area contributed by atoms with E-state index in [9.17, 15) is 9.59 Å². The molecule has 0 aliphatic rings. The van der Waals surface area contributed by atoms with E-state index in [1.54, 1.807) is 48.5 Å². The molecule has 1 N–H and O–H groups in total. The Morgan fingerprint density at radius 3 is 2.23 bits per heavy atom. The number of hydrogen-bond acceptors (Lipinski definition) is 4. The lowest BCUT2D eigenvalue weighted by atomic mass is 10.1. The first-order valence-corrected chi connectivity index (χ1v) is 10.4. The molecule has 3 aromatic carbocycles. The molecule has 0 radical (unpaired) electrons. The minimum absolute atomic E-state index is 0.00167. The maximum Gasteiger partial charge on any atom is 0.349 e. The molecule has 0 atom stereocenters. The lowest BCUT2D eigenvalue weighted by Gasteiger charge is -2.14. The second-order valence-corrected chi connectivity index (χ2v) is 7.89. The second-order valence-electron chi connectivity index (χ2n) is 6.23. The van der Waals surface area contributed by atoms with Crippen molar-refractivity contribution >= 4 is 58.3 Å². The summed E-state index contributed by atoms with van der Waals surface area (Å²) in [7, 11) is 0. The van der Waals surface area contributed by atoms with Crippen LogP contribution in [-0.2, 0) is 11.3 Å². The Morgan fingerprint density at radius 1 is 0.839 bits per heavy atom. The van der Waals surface area contributed by atoms with Gasteiger partial charge in [0.15, 0.2) is 12.4 Å². The summed E-state index contributed by atoms with van der Waals surface area (Å²) in [6.45, 7) is -0.396. The molecule has 3 aromatic rings. The van der Waals surface area contributed by atoms with Gasteiger partial charge >= 0.3 is 5.97 Å². The molecule has 0 unspecified atom stereocenters. The summed E-state index contributed by atoms with van der Waals surface area (Å²) in [5.74, 6) is -0.697. The molecule has 0 bridgehead atoms. The van der Waals surface area contributed by atoms with E-state index in [1.807, 2.05) is 0 Å². The zero-order valence-corrected chi connectivity index (χ0v) is 18.9. The van der Waals surface area contributed by atoms with E-state index in [4.69, 9.17) is 55.9 Å². The normalized spacial score (nSPS) is 10.5. The van der Waals surface area contributed by atoms with Gasteiger partial charge in [-0.25, -0.2) is 4.79 Å². The third-order valence-corrected chi connectivity index (χ3v) is 5.18. The molecule has 0 saturated heterocycles. The number of para-hydroxylation sites is 1. The van der Waals surface area contributed by atoms with Crippen LogP contribution in [0.1, 0.15) is 15.9 Å². The Morgan fingerprint density at radius 2 is 1.52 bits per heavy atom. The molecule has 9 heteroatoms. The van der Waals surface area contributed by atoms with Gasteiger partial charge in [0, 0.05) is 17.1 Å². The van der Waals surface area contributed by atoms with Gasteiger partial charge < -0.3 is 14.8 Å². The van der Waals surface area contributed by atoms with E-state index in [0.717, 1.165) is 0 Å². The van der Waals surface area contributed by atoms with Gasteiger partial charge in [-0.05, 0) is 36.4 Å². The third-order valence-electron chi connectivity index (χ3n) is 4.04. The molecule has 31 heavy (non-hydrogen) atoms. The van der Waals surface area contributed by atoms with Crippen LogP contribution in [0.4, 0.5) is 0 Å². The SMILES string of the molecule is O=C(COc1ccccc1Cl)Oc1c(Cl)cc(Cl)cc1CNC(=O)c1ccccc1Cl. The van der Waals surface area contributed by atoms with E-state index >= 15 is 0 Å². The summed E-state index contributed by atoms with van der Waals surface area (Å²) in [6, 6.07) is 16.3. The smallest absolute Gasteiger partial charge is 0.349 e. The number of carbonyl (C=O) groups is 2. The number of ether oxygens (including phenoxy) is 2. The summed E-state index contributed by atoms with van der Waals surface area (Å²) in [5, 5.41) is 3.82. The molecular formula is C22H15Cl4NO4. The average molecular weight is 499 g/mol. The summed E-state index contributed by atoms with van der Waals surface area (Å²) >= 11 is 24.4. The third kappa shape index (κ3) is 6.28. The summed E-state index contributed by atoms with van der Waals surface area (Å²) in [5.41, 5.74) is 0.716. The quantitative estimate of drug-likeness (QED) is 0.310. The molecule has 0 fully saturated rings. The Balaban J connectivity index is 1.70. The van der Waals surface area contributed by atoms with Crippen molar-refractivity contribution in [2.45, 2.75) is 6.54 Å². The standard InChI is InChI=1S/C22H15Cl4NO4/c23-14-9-13(11-27-22(29)15-5-1-2-6-16(15)24)21(18(26)10-14)31-20(28)12-30-19-8-4-3-7-17(19)25/h1-10H,11-12H2,(H,27,29). The largest absolute Gasteiger partial charge is 0.480 e. The fourth-order valence-electron chi connectivity index (χ4n) is 2.62. The van der Waals surface area contributed by atoms with E-state index in [-0.39, 0.29) is 17.3 Å². The zero-order chi connectivity index (χ0) is 22.4. The van der Waals surface area contributed by atoms with Crippen molar-refractivity contribution in [2.24, 2.45) is 0 Å². The van der Waals surface area contributed by atoms with Crippen LogP contribution in [0.25, 0.3) is 0 Å². The van der Waals surface area contributed by atoms with Crippen LogP contribution in [-0.4, -0.2) is 18.5 Å². The van der Waals surface area contributed by atoms with E-state index in [1.165, 1.54) is 12.1 Å². The average Bonchev–Trinajstić information content (AvgIpc) is 2.74. The number of halogens is 4. The maximum absolute atomic E-state index is 12.4. The van der Waals surface area contributed by atoms with Crippen molar-refractivity contribution in [3.8, 4) is 11.5 Å². The van der Waals surface area contributed by atoms with Gasteiger partial charge in [-0.3, -0.25) is 4.79 Å². The molecule has 1 amide bonds. The van der Waals surface area contributed by atoms with Crippen LogP contribution in [0.5, 0.6) is 11.5 Å². The van der Waals surface area contributed by atoms with E-state index < -0.39 is 18.5 Å². The van der Waals surface area contributed by atoms with Gasteiger partial charge in [0.1, 0.15) is 5.75 Å². The Bertz CT molecular complexity index is 1120. The summed E-state index contributed by atoms with van der Waals surface area (Å²) in [4.78, 5) is 24.7. The topological polar surface area (TPSA) is 64.6 Å². The lowest BCUT2D eigenvalue weighted by Crippen LogP contribution is -2.24. The van der Waals surface area contributed by atoms with Crippen LogP contribution in [0.2, 0.25) is 20.1 Å². The number of esters is 1. The van der Waals surface area contributed by atoms with Crippen LogP contribution in [0.15, 0.2) is 60.7 Å². The number of amides is 1. The van der Waals surface area contributed by atoms with Crippen molar-refractivity contribution in [3.05, 3.63) is 91.9 Å². The van der Waals surface area contributed by atoms with Crippen LogP contribution >= 0.6 is 46.4 Å². The zero-order valence-electron chi connectivity index (χ0n) is 15.8. The van der Waals surface area contributed by atoms with Gasteiger partial charge in [0.05, 0.1) is 20.6 Å². The minimum atomic E-state index is -0.706. The highest BCUT2D eigenvalue weighted by atomic mass is 35.5. The van der Waals surface area contributed by atoms with E-state index in [0.29, 0.717) is 31.9 Å². The van der Waals surface area contributed by atoms with Gasteiger partial charge in [0.25, 0.3) is 5.91 Å². The minimum Gasteiger partial charge on any atom is -0.480 e. The first kappa shape index (κ1) is 23.2. The highest BCUT2D eigenvalue weighted by Crippen LogP contribution is 2.33. The molecule has 0 aliphatic carbocycles. The Kier molecular flexibility index (Phi) is 8.04. The molecule has 0 heterocycles. The number of nitrogens with one attached hydrogen (secondary N) is 1. The van der Waals surface area contributed by atoms with Gasteiger partial charge in [0.2, 0.25) is 0 Å². The summed E-state index contributed by atoms with van der Waals surface area (Å²) in [6.07, 6.45) is 0. The van der Waals surface area contributed by atoms with Crippen molar-refractivity contribution in [1.29, 1.82) is 0 Å². The fourth-order valence-corrected chi connectivity index (χ4v) is 3.60. The van der Waals surface area contributed by atoms with E-state index in [2.05, 4.69) is 5.32 Å². The highest BCUT2D eigenvalue weighted by molar-refractivity contribution is 6.36. The van der Waals surface area contributed by atoms with Crippen molar-refractivity contribution in [3.63, 3.8) is 0 Å².